The average molecular weight is 444 g/mol. The van der Waals surface area contributed by atoms with E-state index >= 15 is 0 Å². The Morgan fingerprint density at radius 3 is 2.33 bits per heavy atom. The van der Waals surface area contributed by atoms with Crippen molar-refractivity contribution < 1.29 is 4.74 Å². The summed E-state index contributed by atoms with van der Waals surface area (Å²) in [6.45, 7) is 7.24. The van der Waals surface area contributed by atoms with Gasteiger partial charge in [-0.25, -0.2) is 4.68 Å². The number of aryl methyl sites for hydroxylation is 1. The Kier molecular flexibility index (Phi) is 5.98. The minimum atomic E-state index is -0.0540. The van der Waals surface area contributed by atoms with E-state index in [1.807, 2.05) is 47.9 Å². The lowest BCUT2D eigenvalue weighted by Crippen LogP contribution is -2.36. The summed E-state index contributed by atoms with van der Waals surface area (Å²) in [7, 11) is 0. The van der Waals surface area contributed by atoms with Gasteiger partial charge in [-0.05, 0) is 23.6 Å². The molecule has 1 saturated heterocycles. The van der Waals surface area contributed by atoms with Gasteiger partial charge in [0.15, 0.2) is 0 Å². The van der Waals surface area contributed by atoms with E-state index in [4.69, 9.17) is 10.1 Å². The maximum absolute atomic E-state index is 13.2. The topological polar surface area (TPSA) is 79.0 Å². The van der Waals surface area contributed by atoms with Crippen LogP contribution < -0.4 is 11.0 Å². The second-order valence-corrected chi connectivity index (χ2v) is 8.64. The van der Waals surface area contributed by atoms with Crippen LogP contribution in [-0.2, 0) is 24.4 Å². The highest BCUT2D eigenvalue weighted by atomic mass is 16.5. The van der Waals surface area contributed by atoms with Crippen molar-refractivity contribution in [3.8, 4) is 0 Å². The fourth-order valence-electron chi connectivity index (χ4n) is 4.60. The van der Waals surface area contributed by atoms with Crippen LogP contribution in [0.1, 0.15) is 22.4 Å². The zero-order valence-corrected chi connectivity index (χ0v) is 18.9. The van der Waals surface area contributed by atoms with Gasteiger partial charge in [-0.15, -0.1) is 0 Å². The first kappa shape index (κ1) is 21.4. The van der Waals surface area contributed by atoms with Gasteiger partial charge in [-0.2, -0.15) is 0 Å². The molecule has 1 aliphatic heterocycles. The smallest absolute Gasteiger partial charge is 0.276 e. The largest absolute Gasteiger partial charge is 0.379 e. The fourth-order valence-corrected chi connectivity index (χ4v) is 4.60. The van der Waals surface area contributed by atoms with Crippen LogP contribution in [0.3, 0.4) is 0 Å². The van der Waals surface area contributed by atoms with Gasteiger partial charge in [0.05, 0.1) is 30.7 Å². The number of hydrogen-bond acceptors (Lipinski definition) is 4. The zero-order chi connectivity index (χ0) is 22.8. The third kappa shape index (κ3) is 4.42. The summed E-state index contributed by atoms with van der Waals surface area (Å²) in [5, 5.41) is 12.5. The molecule has 33 heavy (non-hydrogen) atoms. The predicted octanol–water partition coefficient (Wildman–Crippen LogP) is 2.85. The number of nitrogens with zero attached hydrogens (tertiary/aromatic N) is 3. The van der Waals surface area contributed by atoms with Crippen molar-refractivity contribution in [1.82, 2.24) is 19.2 Å². The maximum atomic E-state index is 13.2. The van der Waals surface area contributed by atoms with E-state index in [0.29, 0.717) is 29.5 Å². The maximum Gasteiger partial charge on any atom is 0.276 e. The number of hydrogen-bond donors (Lipinski definition) is 2. The molecule has 0 saturated carbocycles. The van der Waals surface area contributed by atoms with Crippen molar-refractivity contribution >= 4 is 10.9 Å². The predicted molar refractivity (Wildman–Crippen MR) is 128 cm³/mol. The highest BCUT2D eigenvalue weighted by molar-refractivity contribution is 5.80. The van der Waals surface area contributed by atoms with Crippen LogP contribution in [0.15, 0.2) is 65.5 Å². The van der Waals surface area contributed by atoms with E-state index in [1.54, 1.807) is 10.7 Å². The lowest BCUT2D eigenvalue weighted by molar-refractivity contribution is 0.0340. The molecular formula is C26H29N5O2. The van der Waals surface area contributed by atoms with E-state index in [-0.39, 0.29) is 5.56 Å². The summed E-state index contributed by atoms with van der Waals surface area (Å²) in [6, 6.07) is 20.1. The molecule has 2 N–H and O–H groups in total. The van der Waals surface area contributed by atoms with Crippen LogP contribution in [0.4, 0.5) is 0 Å². The van der Waals surface area contributed by atoms with Crippen molar-refractivity contribution in [1.29, 1.82) is 5.41 Å². The number of nitrogens with one attached hydrogen (secondary N) is 2. The lowest BCUT2D eigenvalue weighted by Gasteiger charge is -2.27. The van der Waals surface area contributed by atoms with Crippen molar-refractivity contribution in [2.24, 2.45) is 0 Å². The number of morpholine rings is 1. The monoisotopic (exact) mass is 443 g/mol. The Labute approximate surface area is 192 Å². The van der Waals surface area contributed by atoms with Gasteiger partial charge < -0.3 is 9.30 Å². The quantitative estimate of drug-likeness (QED) is 0.481. The summed E-state index contributed by atoms with van der Waals surface area (Å²) in [4.78, 5) is 15.6. The van der Waals surface area contributed by atoms with E-state index in [2.05, 4.69) is 28.2 Å². The molecule has 0 amide bonds. The van der Waals surface area contributed by atoms with E-state index in [0.717, 1.165) is 44.1 Å². The van der Waals surface area contributed by atoms with Crippen LogP contribution >= 0.6 is 0 Å². The Morgan fingerprint density at radius 1 is 0.939 bits per heavy atom. The molecule has 0 atom stereocenters. The summed E-state index contributed by atoms with van der Waals surface area (Å²) in [6.07, 6.45) is 0. The van der Waals surface area contributed by atoms with Crippen LogP contribution in [0, 0.1) is 12.3 Å². The normalized spacial score (nSPS) is 14.7. The standard InChI is InChI=1S/C26H29N5O2/c1-19-25-23(28-31(26(25)32)16-20-7-3-2-4-8-20)15-24(27)30(19)18-22-10-6-5-9-21(22)17-29-11-13-33-14-12-29/h2-10,15,27-28H,11-14,16-18H2,1H3. The molecule has 0 bridgehead atoms. The first-order valence-electron chi connectivity index (χ1n) is 11.4. The lowest BCUT2D eigenvalue weighted by atomic mass is 10.1. The highest BCUT2D eigenvalue weighted by Gasteiger charge is 2.16. The second kappa shape index (κ2) is 9.21. The first-order valence-corrected chi connectivity index (χ1v) is 11.4. The molecule has 0 aliphatic carbocycles. The molecule has 7 nitrogen and oxygen atoms in total. The zero-order valence-electron chi connectivity index (χ0n) is 18.9. The molecule has 0 radical (unpaired) electrons. The Hall–Kier alpha value is -3.42. The van der Waals surface area contributed by atoms with Crippen LogP contribution in [-0.4, -0.2) is 45.6 Å². The molecule has 7 heteroatoms. The molecular weight excluding hydrogens is 414 g/mol. The number of pyridine rings is 1. The second-order valence-electron chi connectivity index (χ2n) is 8.64. The van der Waals surface area contributed by atoms with Crippen LogP contribution in [0.5, 0.6) is 0 Å². The highest BCUT2D eigenvalue weighted by Crippen LogP contribution is 2.17. The number of benzene rings is 2. The summed E-state index contributed by atoms with van der Waals surface area (Å²) < 4.78 is 9.04. The van der Waals surface area contributed by atoms with E-state index in [1.165, 1.54) is 11.1 Å². The number of fused-ring (bicyclic) bond motifs is 1. The van der Waals surface area contributed by atoms with Crippen molar-refractivity contribution in [2.45, 2.75) is 26.6 Å². The third-order valence-corrected chi connectivity index (χ3v) is 6.45. The summed E-state index contributed by atoms with van der Waals surface area (Å²) in [5.41, 5.74) is 5.32. The molecule has 2 aromatic carbocycles. The van der Waals surface area contributed by atoms with Gasteiger partial charge in [-0.1, -0.05) is 54.6 Å². The number of H-pyrrole nitrogens is 1. The molecule has 5 rings (SSSR count). The molecule has 1 fully saturated rings. The van der Waals surface area contributed by atoms with Gasteiger partial charge >= 0.3 is 0 Å². The number of rotatable bonds is 6. The van der Waals surface area contributed by atoms with Gasteiger partial charge in [0.1, 0.15) is 5.49 Å². The fraction of sp³-hybridized carbons (Fsp3) is 0.308. The minimum absolute atomic E-state index is 0.0540. The van der Waals surface area contributed by atoms with Gasteiger partial charge in [0.25, 0.3) is 5.56 Å². The molecule has 0 unspecified atom stereocenters. The van der Waals surface area contributed by atoms with Gasteiger partial charge in [0.2, 0.25) is 0 Å². The molecule has 4 aromatic rings. The van der Waals surface area contributed by atoms with Crippen LogP contribution in [0.25, 0.3) is 10.9 Å². The van der Waals surface area contributed by atoms with Crippen molar-refractivity contribution in [2.75, 3.05) is 26.3 Å². The first-order chi connectivity index (χ1) is 16.1. The minimum Gasteiger partial charge on any atom is -0.379 e. The van der Waals surface area contributed by atoms with Gasteiger partial charge in [-0.3, -0.25) is 20.2 Å². The number of ether oxygens (including phenoxy) is 1. The molecule has 2 aromatic heterocycles. The summed E-state index contributed by atoms with van der Waals surface area (Å²) >= 11 is 0. The van der Waals surface area contributed by atoms with Crippen molar-refractivity contribution in [3.05, 3.63) is 98.9 Å². The number of aromatic nitrogens is 3. The Bertz CT molecular complexity index is 1380. The molecule has 170 valence electrons. The number of aromatic amines is 1. The molecule has 0 spiro atoms. The van der Waals surface area contributed by atoms with Gasteiger partial charge in [0, 0.05) is 37.9 Å². The SMILES string of the molecule is Cc1c2c(=O)n(Cc3ccccc3)[nH]c2cc(=N)n1Cc1ccccc1CN1CCOCC1. The van der Waals surface area contributed by atoms with Crippen LogP contribution in [0.2, 0.25) is 0 Å². The van der Waals surface area contributed by atoms with E-state index < -0.39 is 0 Å². The van der Waals surface area contributed by atoms with E-state index in [9.17, 15) is 4.79 Å². The Balaban J connectivity index is 1.49. The molecule has 1 aliphatic rings. The summed E-state index contributed by atoms with van der Waals surface area (Å²) in [5.74, 6) is 0. The molecule has 3 heterocycles. The average Bonchev–Trinajstić information content (AvgIpc) is 3.13. The van der Waals surface area contributed by atoms with Crippen molar-refractivity contribution in [3.63, 3.8) is 0 Å². The Morgan fingerprint density at radius 2 is 1.61 bits per heavy atom. The third-order valence-electron chi connectivity index (χ3n) is 6.45.